The van der Waals surface area contributed by atoms with Crippen molar-refractivity contribution < 1.29 is 4.52 Å². The Hall–Kier alpha value is -1.63. The van der Waals surface area contributed by atoms with Gasteiger partial charge in [-0.3, -0.25) is 4.90 Å². The first kappa shape index (κ1) is 14.3. The van der Waals surface area contributed by atoms with E-state index in [2.05, 4.69) is 39.5 Å². The Bertz CT molecular complexity index is 599. The summed E-state index contributed by atoms with van der Waals surface area (Å²) in [4.78, 5) is 7.88. The van der Waals surface area contributed by atoms with Crippen molar-refractivity contribution in [1.29, 1.82) is 0 Å². The molecule has 2 heterocycles. The van der Waals surface area contributed by atoms with Crippen LogP contribution >= 0.6 is 11.8 Å². The third-order valence-corrected chi connectivity index (χ3v) is 4.24. The maximum atomic E-state index is 5.29. The van der Waals surface area contributed by atoms with Gasteiger partial charge in [-0.1, -0.05) is 35.1 Å². The predicted molar refractivity (Wildman–Crippen MR) is 83.9 cm³/mol. The Morgan fingerprint density at radius 1 is 1.38 bits per heavy atom. The minimum atomic E-state index is 0.187. The summed E-state index contributed by atoms with van der Waals surface area (Å²) in [5.74, 6) is 1.29. The fourth-order valence-electron chi connectivity index (χ4n) is 2.21. The molecule has 21 heavy (non-hydrogen) atoms. The molecule has 1 fully saturated rings. The van der Waals surface area contributed by atoms with Crippen LogP contribution in [0, 0.1) is 0 Å². The molecular weight excluding hydrogens is 284 g/mol. The molecule has 110 valence electrons. The predicted octanol–water partition coefficient (Wildman–Crippen LogP) is 2.41. The van der Waals surface area contributed by atoms with Gasteiger partial charge in [-0.15, -0.1) is 0 Å². The molecule has 0 aliphatic carbocycles. The van der Waals surface area contributed by atoms with E-state index in [0.717, 1.165) is 25.5 Å². The summed E-state index contributed by atoms with van der Waals surface area (Å²) >= 11 is 1.63. The van der Waals surface area contributed by atoms with E-state index < -0.39 is 0 Å². The number of aromatic nitrogens is 2. The third-order valence-electron chi connectivity index (χ3n) is 3.42. The molecule has 1 aromatic heterocycles. The first-order chi connectivity index (χ1) is 10.3. The second-order valence-corrected chi connectivity index (χ2v) is 5.90. The van der Waals surface area contributed by atoms with Gasteiger partial charge in [0.25, 0.3) is 5.89 Å². The zero-order valence-electron chi connectivity index (χ0n) is 11.9. The molecule has 0 radical (unpaired) electrons. The lowest BCUT2D eigenvalue weighted by Crippen LogP contribution is -2.44. The van der Waals surface area contributed by atoms with Crippen molar-refractivity contribution in [2.24, 2.45) is 0 Å². The summed E-state index contributed by atoms with van der Waals surface area (Å²) in [6.45, 7) is 2.86. The maximum absolute atomic E-state index is 5.29. The zero-order chi connectivity index (χ0) is 14.5. The van der Waals surface area contributed by atoms with Crippen molar-refractivity contribution in [2.75, 3.05) is 26.7 Å². The van der Waals surface area contributed by atoms with Crippen molar-refractivity contribution >= 4 is 17.8 Å². The molecule has 1 saturated heterocycles. The van der Waals surface area contributed by atoms with Gasteiger partial charge in [-0.25, -0.2) is 0 Å². The highest BCUT2D eigenvalue weighted by molar-refractivity contribution is 8.02. The van der Waals surface area contributed by atoms with Gasteiger partial charge in [0.1, 0.15) is 0 Å². The standard InChI is InChI=1S/C15H18N4OS/c1-19-9-8-16-11-13(19)15-17-14(20-18-15)7-10-21-12-5-3-2-4-6-12/h2-7,10,13,16H,8-9,11H2,1H3/b10-7+. The van der Waals surface area contributed by atoms with Crippen LogP contribution in [0.1, 0.15) is 17.8 Å². The average Bonchev–Trinajstić information content (AvgIpc) is 2.97. The van der Waals surface area contributed by atoms with E-state index in [0.29, 0.717) is 5.89 Å². The number of likely N-dealkylation sites (N-methyl/N-ethyl adjacent to an activating group) is 1. The van der Waals surface area contributed by atoms with Crippen LogP contribution < -0.4 is 5.32 Å². The summed E-state index contributed by atoms with van der Waals surface area (Å²) in [6.07, 6.45) is 1.85. The van der Waals surface area contributed by atoms with Gasteiger partial charge in [0, 0.05) is 30.6 Å². The van der Waals surface area contributed by atoms with E-state index in [9.17, 15) is 0 Å². The van der Waals surface area contributed by atoms with Gasteiger partial charge in [0.05, 0.1) is 6.04 Å². The Balaban J connectivity index is 1.62. The molecule has 1 aromatic carbocycles. The highest BCUT2D eigenvalue weighted by atomic mass is 32.2. The van der Waals surface area contributed by atoms with Gasteiger partial charge in [0.2, 0.25) is 0 Å². The number of piperazine rings is 1. The molecule has 1 aliphatic rings. The average molecular weight is 302 g/mol. The fourth-order valence-corrected chi connectivity index (χ4v) is 2.87. The molecule has 0 bridgehead atoms. The summed E-state index contributed by atoms with van der Waals surface area (Å²) in [5, 5.41) is 9.41. The van der Waals surface area contributed by atoms with E-state index in [1.165, 1.54) is 4.90 Å². The molecule has 1 atom stereocenters. The second-order valence-electron chi connectivity index (χ2n) is 4.92. The lowest BCUT2D eigenvalue weighted by Gasteiger charge is -2.30. The number of rotatable bonds is 4. The molecule has 1 aliphatic heterocycles. The monoisotopic (exact) mass is 302 g/mol. The highest BCUT2D eigenvalue weighted by Crippen LogP contribution is 2.21. The van der Waals surface area contributed by atoms with Gasteiger partial charge < -0.3 is 9.84 Å². The third kappa shape index (κ3) is 3.72. The topological polar surface area (TPSA) is 54.2 Å². The molecule has 2 aromatic rings. The van der Waals surface area contributed by atoms with Crippen LogP contribution in [0.3, 0.4) is 0 Å². The van der Waals surface area contributed by atoms with Crippen LogP contribution in [0.4, 0.5) is 0 Å². The fraction of sp³-hybridized carbons (Fsp3) is 0.333. The van der Waals surface area contributed by atoms with Gasteiger partial charge in [-0.05, 0) is 24.6 Å². The number of nitrogens with zero attached hydrogens (tertiary/aromatic N) is 3. The van der Waals surface area contributed by atoms with Crippen LogP contribution in [0.25, 0.3) is 6.08 Å². The van der Waals surface area contributed by atoms with Gasteiger partial charge in [0.15, 0.2) is 5.82 Å². The maximum Gasteiger partial charge on any atom is 0.251 e. The first-order valence-corrected chi connectivity index (χ1v) is 7.84. The molecular formula is C15H18N4OS. The zero-order valence-corrected chi connectivity index (χ0v) is 12.7. The quantitative estimate of drug-likeness (QED) is 0.875. The van der Waals surface area contributed by atoms with Crippen LogP contribution in [-0.2, 0) is 0 Å². The van der Waals surface area contributed by atoms with E-state index >= 15 is 0 Å². The Labute approximate surface area is 128 Å². The molecule has 0 spiro atoms. The van der Waals surface area contributed by atoms with Crippen LogP contribution in [0.2, 0.25) is 0 Å². The van der Waals surface area contributed by atoms with Crippen molar-refractivity contribution in [3.8, 4) is 0 Å². The second kappa shape index (κ2) is 6.89. The molecule has 5 nitrogen and oxygen atoms in total. The normalized spacial score (nSPS) is 20.1. The largest absolute Gasteiger partial charge is 0.335 e. The number of hydrogen-bond donors (Lipinski definition) is 1. The van der Waals surface area contributed by atoms with Crippen LogP contribution in [-0.4, -0.2) is 41.7 Å². The van der Waals surface area contributed by atoms with E-state index in [1.54, 1.807) is 11.8 Å². The number of hydrogen-bond acceptors (Lipinski definition) is 6. The van der Waals surface area contributed by atoms with Gasteiger partial charge >= 0.3 is 0 Å². The van der Waals surface area contributed by atoms with Crippen molar-refractivity contribution in [3.05, 3.63) is 47.5 Å². The van der Waals surface area contributed by atoms with E-state index in [4.69, 9.17) is 4.52 Å². The van der Waals surface area contributed by atoms with Crippen molar-refractivity contribution in [3.63, 3.8) is 0 Å². The van der Waals surface area contributed by atoms with Crippen LogP contribution in [0.5, 0.6) is 0 Å². The number of benzene rings is 1. The Morgan fingerprint density at radius 2 is 2.24 bits per heavy atom. The molecule has 0 amide bonds. The summed E-state index contributed by atoms with van der Waals surface area (Å²) in [6, 6.07) is 10.4. The highest BCUT2D eigenvalue weighted by Gasteiger charge is 2.24. The number of thioether (sulfide) groups is 1. The summed E-state index contributed by atoms with van der Waals surface area (Å²) in [5.41, 5.74) is 0. The Kier molecular flexibility index (Phi) is 4.69. The summed E-state index contributed by atoms with van der Waals surface area (Å²) in [7, 11) is 2.09. The molecule has 0 saturated carbocycles. The van der Waals surface area contributed by atoms with Crippen LogP contribution in [0.15, 0.2) is 45.2 Å². The number of nitrogens with one attached hydrogen (secondary N) is 1. The molecule has 6 heteroatoms. The SMILES string of the molecule is CN1CCNCC1c1noc(/C=C/Sc2ccccc2)n1. The summed E-state index contributed by atoms with van der Waals surface area (Å²) < 4.78 is 5.29. The smallest absolute Gasteiger partial charge is 0.251 e. The van der Waals surface area contributed by atoms with Crippen molar-refractivity contribution in [2.45, 2.75) is 10.9 Å². The molecule has 1 N–H and O–H groups in total. The van der Waals surface area contributed by atoms with E-state index in [-0.39, 0.29) is 6.04 Å². The first-order valence-electron chi connectivity index (χ1n) is 6.96. The Morgan fingerprint density at radius 3 is 3.05 bits per heavy atom. The molecule has 3 rings (SSSR count). The van der Waals surface area contributed by atoms with Crippen molar-refractivity contribution in [1.82, 2.24) is 20.4 Å². The minimum Gasteiger partial charge on any atom is -0.335 e. The van der Waals surface area contributed by atoms with E-state index in [1.807, 2.05) is 29.7 Å². The lowest BCUT2D eigenvalue weighted by atomic mass is 10.2. The lowest BCUT2D eigenvalue weighted by molar-refractivity contribution is 0.190. The molecule has 1 unspecified atom stereocenters. The van der Waals surface area contributed by atoms with Gasteiger partial charge in [-0.2, -0.15) is 4.98 Å². The minimum absolute atomic E-state index is 0.187.